The molecule has 20 heavy (non-hydrogen) atoms. The lowest BCUT2D eigenvalue weighted by Crippen LogP contribution is -2.47. The predicted molar refractivity (Wildman–Crippen MR) is 64.1 cm³/mol. The maximum Gasteiger partial charge on any atom is 0.573 e. The summed E-state index contributed by atoms with van der Waals surface area (Å²) in [6.07, 6.45) is -5.44. The quantitative estimate of drug-likeness (QED) is 0.907. The maximum absolute atomic E-state index is 12.4. The molecule has 0 aromatic heterocycles. The number of hydrogen-bond donors (Lipinski definition) is 1. The molecule has 1 aliphatic heterocycles. The number of cyclic esters (lactones) is 1. The second-order valence-electron chi connectivity index (χ2n) is 5.23. The fourth-order valence-corrected chi connectivity index (χ4v) is 2.13. The highest BCUT2D eigenvalue weighted by atomic mass is 19.4. The van der Waals surface area contributed by atoms with Crippen molar-refractivity contribution in [3.8, 4) is 5.75 Å². The topological polar surface area (TPSA) is 47.6 Å². The van der Waals surface area contributed by atoms with E-state index in [1.807, 2.05) is 0 Å². The molecule has 1 saturated heterocycles. The summed E-state index contributed by atoms with van der Waals surface area (Å²) in [5.41, 5.74) is -0.287. The van der Waals surface area contributed by atoms with Crippen LogP contribution in [-0.2, 0) is 4.74 Å². The summed E-state index contributed by atoms with van der Waals surface area (Å²) < 4.78 is 46.2. The minimum atomic E-state index is -4.78. The van der Waals surface area contributed by atoms with Gasteiger partial charge in [0.15, 0.2) is 0 Å². The normalized spacial score (nSPS) is 21.9. The van der Waals surface area contributed by atoms with Gasteiger partial charge in [0.2, 0.25) is 0 Å². The fourth-order valence-electron chi connectivity index (χ4n) is 2.13. The second-order valence-corrected chi connectivity index (χ2v) is 5.23. The van der Waals surface area contributed by atoms with Crippen molar-refractivity contribution in [3.63, 3.8) is 0 Å². The molecule has 4 nitrogen and oxygen atoms in total. The molecule has 0 saturated carbocycles. The molecule has 1 aromatic carbocycles. The zero-order valence-electron chi connectivity index (χ0n) is 11.0. The molecule has 0 aliphatic carbocycles. The minimum Gasteiger partial charge on any atom is -0.449 e. The van der Waals surface area contributed by atoms with Gasteiger partial charge in [0.1, 0.15) is 12.4 Å². The zero-order valence-corrected chi connectivity index (χ0v) is 11.0. The van der Waals surface area contributed by atoms with E-state index in [2.05, 4.69) is 10.1 Å². The smallest absolute Gasteiger partial charge is 0.449 e. The summed E-state index contributed by atoms with van der Waals surface area (Å²) in [6, 6.07) is 5.14. The number of alkyl halides is 3. The van der Waals surface area contributed by atoms with Crippen molar-refractivity contribution in [3.05, 3.63) is 29.8 Å². The highest BCUT2D eigenvalue weighted by Gasteiger charge is 2.41. The Hall–Kier alpha value is -1.92. The van der Waals surface area contributed by atoms with Gasteiger partial charge in [-0.25, -0.2) is 4.79 Å². The van der Waals surface area contributed by atoms with Crippen LogP contribution in [-0.4, -0.2) is 19.1 Å². The van der Waals surface area contributed by atoms with Gasteiger partial charge in [0.05, 0.1) is 6.04 Å². The van der Waals surface area contributed by atoms with Gasteiger partial charge in [-0.3, -0.25) is 0 Å². The number of hydrogen-bond acceptors (Lipinski definition) is 3. The number of para-hydroxylation sites is 1. The number of alkyl carbamates (subject to hydrolysis) is 1. The monoisotopic (exact) mass is 289 g/mol. The number of ether oxygens (including phenoxy) is 2. The Labute approximate surface area is 113 Å². The van der Waals surface area contributed by atoms with E-state index in [1.165, 1.54) is 18.2 Å². The second kappa shape index (κ2) is 4.88. The molecule has 2 rings (SSSR count). The highest BCUT2D eigenvalue weighted by molar-refractivity contribution is 5.69. The van der Waals surface area contributed by atoms with Crippen molar-refractivity contribution in [1.82, 2.24) is 5.32 Å². The van der Waals surface area contributed by atoms with Gasteiger partial charge in [0.25, 0.3) is 0 Å². The lowest BCUT2D eigenvalue weighted by Gasteiger charge is -2.39. The average Bonchev–Trinajstić information content (AvgIpc) is 2.31. The highest BCUT2D eigenvalue weighted by Crippen LogP contribution is 2.41. The number of amides is 1. The molecule has 1 atom stereocenters. The van der Waals surface area contributed by atoms with E-state index >= 15 is 0 Å². The number of benzene rings is 1. The van der Waals surface area contributed by atoms with Gasteiger partial charge < -0.3 is 14.8 Å². The van der Waals surface area contributed by atoms with Gasteiger partial charge >= 0.3 is 12.5 Å². The van der Waals surface area contributed by atoms with Crippen molar-refractivity contribution < 1.29 is 27.4 Å². The van der Waals surface area contributed by atoms with E-state index < -0.39 is 23.9 Å². The Kier molecular flexibility index (Phi) is 3.54. The molecule has 1 N–H and O–H groups in total. The standard InChI is InChI=1S/C13H14F3NO3/c1-12(2)7-19-11(18)17-10(12)8-5-3-4-6-9(8)20-13(14,15)16/h3-6,10H,7H2,1-2H3,(H,17,18)/t10-/m0/s1. The average molecular weight is 289 g/mol. The van der Waals surface area contributed by atoms with Gasteiger partial charge in [0, 0.05) is 11.0 Å². The van der Waals surface area contributed by atoms with Crippen LogP contribution < -0.4 is 10.1 Å². The number of carbonyl (C=O) groups is 1. The summed E-state index contributed by atoms with van der Waals surface area (Å²) in [5.74, 6) is -0.319. The van der Waals surface area contributed by atoms with Crippen molar-refractivity contribution in [2.75, 3.05) is 6.61 Å². The largest absolute Gasteiger partial charge is 0.573 e. The Morgan fingerprint density at radius 2 is 2.00 bits per heavy atom. The molecule has 110 valence electrons. The zero-order chi connectivity index (χ0) is 15.0. The first kappa shape index (κ1) is 14.5. The van der Waals surface area contributed by atoms with Crippen molar-refractivity contribution in [2.24, 2.45) is 5.41 Å². The summed E-state index contributed by atoms with van der Waals surface area (Å²) in [5, 5.41) is 2.54. The van der Waals surface area contributed by atoms with E-state index in [0.717, 1.165) is 0 Å². The molecular weight excluding hydrogens is 275 g/mol. The molecular formula is C13H14F3NO3. The Morgan fingerprint density at radius 1 is 1.35 bits per heavy atom. The molecule has 0 bridgehead atoms. The van der Waals surface area contributed by atoms with Crippen LogP contribution in [0.5, 0.6) is 5.75 Å². The van der Waals surface area contributed by atoms with E-state index in [9.17, 15) is 18.0 Å². The predicted octanol–water partition coefficient (Wildman–Crippen LogP) is 3.39. The summed E-state index contributed by atoms with van der Waals surface area (Å²) in [4.78, 5) is 11.3. The van der Waals surface area contributed by atoms with Crippen LogP contribution >= 0.6 is 0 Å². The van der Waals surface area contributed by atoms with Crippen molar-refractivity contribution in [2.45, 2.75) is 26.3 Å². The van der Waals surface area contributed by atoms with Crippen LogP contribution in [0.2, 0.25) is 0 Å². The molecule has 1 amide bonds. The van der Waals surface area contributed by atoms with E-state index in [4.69, 9.17) is 4.74 Å². The summed E-state index contributed by atoms with van der Waals surface area (Å²) in [6.45, 7) is 3.70. The van der Waals surface area contributed by atoms with Crippen molar-refractivity contribution >= 4 is 6.09 Å². The van der Waals surface area contributed by atoms with Crippen LogP contribution in [0.15, 0.2) is 24.3 Å². The number of carbonyl (C=O) groups excluding carboxylic acids is 1. The van der Waals surface area contributed by atoms with Gasteiger partial charge in [-0.2, -0.15) is 0 Å². The third-order valence-corrected chi connectivity index (χ3v) is 3.07. The summed E-state index contributed by atoms with van der Waals surface area (Å²) >= 11 is 0. The SMILES string of the molecule is CC1(C)COC(=O)N[C@H]1c1ccccc1OC(F)(F)F. The van der Waals surface area contributed by atoms with Gasteiger partial charge in [-0.05, 0) is 6.07 Å². The third-order valence-electron chi connectivity index (χ3n) is 3.07. The molecule has 1 aromatic rings. The molecule has 1 heterocycles. The van der Waals surface area contributed by atoms with Gasteiger partial charge in [-0.15, -0.1) is 13.2 Å². The van der Waals surface area contributed by atoms with Crippen molar-refractivity contribution in [1.29, 1.82) is 0 Å². The lowest BCUT2D eigenvalue weighted by atomic mass is 9.80. The molecule has 1 aliphatic rings. The number of rotatable bonds is 2. The molecule has 1 fully saturated rings. The maximum atomic E-state index is 12.4. The lowest BCUT2D eigenvalue weighted by molar-refractivity contribution is -0.275. The van der Waals surface area contributed by atoms with Crippen LogP contribution in [0.1, 0.15) is 25.5 Å². The third kappa shape index (κ3) is 3.15. The molecule has 0 radical (unpaired) electrons. The van der Waals surface area contributed by atoms with E-state index in [0.29, 0.717) is 0 Å². The van der Waals surface area contributed by atoms with Crippen LogP contribution in [0.4, 0.5) is 18.0 Å². The number of halogens is 3. The van der Waals surface area contributed by atoms with E-state index in [-0.39, 0.29) is 17.9 Å². The fraction of sp³-hybridized carbons (Fsp3) is 0.462. The Morgan fingerprint density at radius 3 is 2.65 bits per heavy atom. The minimum absolute atomic E-state index is 0.115. The van der Waals surface area contributed by atoms with Crippen LogP contribution in [0.25, 0.3) is 0 Å². The first-order valence-corrected chi connectivity index (χ1v) is 5.97. The number of nitrogens with one attached hydrogen (secondary N) is 1. The van der Waals surface area contributed by atoms with Crippen LogP contribution in [0, 0.1) is 5.41 Å². The van der Waals surface area contributed by atoms with Crippen LogP contribution in [0.3, 0.4) is 0 Å². The molecule has 7 heteroatoms. The van der Waals surface area contributed by atoms with Gasteiger partial charge in [-0.1, -0.05) is 32.0 Å². The first-order chi connectivity index (χ1) is 9.19. The Balaban J connectivity index is 2.38. The first-order valence-electron chi connectivity index (χ1n) is 5.97. The molecule has 0 unspecified atom stereocenters. The van der Waals surface area contributed by atoms with E-state index in [1.54, 1.807) is 19.9 Å². The molecule has 0 spiro atoms. The summed E-state index contributed by atoms with van der Waals surface area (Å²) in [7, 11) is 0. The Bertz CT molecular complexity index is 514.